The van der Waals surface area contributed by atoms with E-state index in [9.17, 15) is 14.0 Å². The standard InChI is InChI=1S/C15H18FNO3/c1-9(10(2)15(19)20)14(18)17(4)11(3)12-5-7-13(16)8-6-12/h5-8,11H,1-4H3,(H,19,20). The van der Waals surface area contributed by atoms with Crippen molar-refractivity contribution in [2.24, 2.45) is 0 Å². The molecule has 1 amide bonds. The molecule has 1 N–H and O–H groups in total. The van der Waals surface area contributed by atoms with Gasteiger partial charge in [0.05, 0.1) is 6.04 Å². The zero-order chi connectivity index (χ0) is 15.4. The third-order valence-electron chi connectivity index (χ3n) is 3.46. The van der Waals surface area contributed by atoms with E-state index < -0.39 is 5.97 Å². The van der Waals surface area contributed by atoms with Crippen molar-refractivity contribution in [3.8, 4) is 0 Å². The molecule has 0 aliphatic carbocycles. The van der Waals surface area contributed by atoms with Crippen molar-refractivity contribution in [1.29, 1.82) is 0 Å². The normalized spacial score (nSPS) is 13.4. The van der Waals surface area contributed by atoms with Gasteiger partial charge in [0.1, 0.15) is 5.82 Å². The number of carbonyl (C=O) groups excluding carboxylic acids is 1. The Balaban J connectivity index is 2.97. The average Bonchev–Trinajstić information content (AvgIpc) is 2.44. The molecule has 0 bridgehead atoms. The first-order chi connectivity index (χ1) is 9.25. The Kier molecular flexibility index (Phi) is 5.02. The number of nitrogens with zero attached hydrogens (tertiary/aromatic N) is 1. The number of benzene rings is 1. The monoisotopic (exact) mass is 279 g/mol. The molecule has 0 saturated carbocycles. The first kappa shape index (κ1) is 15.9. The minimum absolute atomic E-state index is 0.0214. The highest BCUT2D eigenvalue weighted by atomic mass is 19.1. The molecule has 4 nitrogen and oxygen atoms in total. The number of rotatable bonds is 4. The molecule has 20 heavy (non-hydrogen) atoms. The molecule has 1 rings (SSSR count). The number of halogens is 1. The lowest BCUT2D eigenvalue weighted by atomic mass is 10.1. The second-order valence-electron chi connectivity index (χ2n) is 4.70. The van der Waals surface area contributed by atoms with Crippen LogP contribution in [0.3, 0.4) is 0 Å². The second kappa shape index (κ2) is 6.32. The maximum Gasteiger partial charge on any atom is 0.331 e. The molecule has 1 atom stereocenters. The fourth-order valence-electron chi connectivity index (χ4n) is 1.73. The van der Waals surface area contributed by atoms with Crippen molar-refractivity contribution in [2.45, 2.75) is 26.8 Å². The molecule has 1 aromatic rings. The van der Waals surface area contributed by atoms with Gasteiger partial charge < -0.3 is 10.0 Å². The van der Waals surface area contributed by atoms with Gasteiger partial charge >= 0.3 is 5.97 Å². The highest BCUT2D eigenvalue weighted by molar-refractivity contribution is 6.01. The smallest absolute Gasteiger partial charge is 0.331 e. The summed E-state index contributed by atoms with van der Waals surface area (Å²) in [5.41, 5.74) is 0.991. The van der Waals surface area contributed by atoms with Crippen LogP contribution in [0.15, 0.2) is 35.4 Å². The molecule has 0 aromatic heterocycles. The van der Waals surface area contributed by atoms with Gasteiger partial charge in [-0.05, 0) is 38.5 Å². The third-order valence-corrected chi connectivity index (χ3v) is 3.46. The summed E-state index contributed by atoms with van der Waals surface area (Å²) >= 11 is 0. The Morgan fingerprint density at radius 3 is 2.10 bits per heavy atom. The Hall–Kier alpha value is -2.17. The van der Waals surface area contributed by atoms with Gasteiger partial charge in [-0.1, -0.05) is 12.1 Å². The minimum Gasteiger partial charge on any atom is -0.478 e. The first-order valence-corrected chi connectivity index (χ1v) is 6.19. The maximum atomic E-state index is 12.9. The lowest BCUT2D eigenvalue weighted by Gasteiger charge is -2.26. The van der Waals surface area contributed by atoms with Crippen molar-refractivity contribution in [1.82, 2.24) is 4.90 Å². The highest BCUT2D eigenvalue weighted by Crippen LogP contribution is 2.21. The van der Waals surface area contributed by atoms with E-state index in [1.54, 1.807) is 26.1 Å². The average molecular weight is 279 g/mol. The van der Waals surface area contributed by atoms with E-state index in [2.05, 4.69) is 0 Å². The number of carboxylic acids is 1. The van der Waals surface area contributed by atoms with E-state index in [0.29, 0.717) is 0 Å². The topological polar surface area (TPSA) is 57.6 Å². The Labute approximate surface area is 117 Å². The van der Waals surface area contributed by atoms with Gasteiger partial charge in [0.25, 0.3) is 0 Å². The van der Waals surface area contributed by atoms with Crippen molar-refractivity contribution in [3.63, 3.8) is 0 Å². The van der Waals surface area contributed by atoms with Crippen LogP contribution in [0.4, 0.5) is 4.39 Å². The molecule has 0 heterocycles. The van der Waals surface area contributed by atoms with Crippen LogP contribution in [-0.2, 0) is 9.59 Å². The molecular weight excluding hydrogens is 261 g/mol. The summed E-state index contributed by atoms with van der Waals surface area (Å²) in [6.45, 7) is 4.68. The van der Waals surface area contributed by atoms with Gasteiger partial charge in [0.2, 0.25) is 5.91 Å². The Morgan fingerprint density at radius 1 is 1.15 bits per heavy atom. The van der Waals surface area contributed by atoms with E-state index in [1.807, 2.05) is 0 Å². The van der Waals surface area contributed by atoms with E-state index in [0.717, 1.165) is 5.56 Å². The number of amides is 1. The number of carboxylic acid groups (broad SMARTS) is 1. The predicted molar refractivity (Wildman–Crippen MR) is 73.6 cm³/mol. The van der Waals surface area contributed by atoms with Crippen molar-refractivity contribution < 1.29 is 19.1 Å². The SMILES string of the molecule is CC(C(=O)O)=C(C)C(=O)N(C)C(C)c1ccc(F)cc1. The van der Waals surface area contributed by atoms with Crippen LogP contribution in [0, 0.1) is 5.82 Å². The van der Waals surface area contributed by atoms with Gasteiger partial charge in [0, 0.05) is 18.2 Å². The zero-order valence-electron chi connectivity index (χ0n) is 12.0. The van der Waals surface area contributed by atoms with Crippen LogP contribution >= 0.6 is 0 Å². The summed E-state index contributed by atoms with van der Waals surface area (Å²) in [5.74, 6) is -1.81. The van der Waals surface area contributed by atoms with Crippen LogP contribution in [0.1, 0.15) is 32.4 Å². The summed E-state index contributed by atoms with van der Waals surface area (Å²) in [6, 6.07) is 5.59. The summed E-state index contributed by atoms with van der Waals surface area (Å²) in [4.78, 5) is 24.5. The van der Waals surface area contributed by atoms with E-state index >= 15 is 0 Å². The number of hydrogen-bond acceptors (Lipinski definition) is 2. The molecule has 0 radical (unpaired) electrons. The molecular formula is C15H18FNO3. The number of hydrogen-bond donors (Lipinski definition) is 1. The van der Waals surface area contributed by atoms with Gasteiger partial charge in [-0.3, -0.25) is 4.79 Å². The summed E-state index contributed by atoms with van der Waals surface area (Å²) in [6.07, 6.45) is 0. The molecule has 1 aromatic carbocycles. The van der Waals surface area contributed by atoms with E-state index in [1.165, 1.54) is 30.9 Å². The molecule has 5 heteroatoms. The Morgan fingerprint density at radius 2 is 1.65 bits per heavy atom. The molecule has 108 valence electrons. The Bertz CT molecular complexity index is 549. The van der Waals surface area contributed by atoms with Crippen LogP contribution in [0.2, 0.25) is 0 Å². The van der Waals surface area contributed by atoms with Gasteiger partial charge in [-0.15, -0.1) is 0 Å². The number of likely N-dealkylation sites (N-methyl/N-ethyl adjacent to an activating group) is 1. The quantitative estimate of drug-likeness (QED) is 0.862. The fourth-order valence-corrected chi connectivity index (χ4v) is 1.73. The summed E-state index contributed by atoms with van der Waals surface area (Å²) in [5, 5.41) is 8.90. The molecule has 0 fully saturated rings. The van der Waals surface area contributed by atoms with Gasteiger partial charge in [0.15, 0.2) is 0 Å². The number of aliphatic carboxylic acids is 1. The molecule has 1 unspecified atom stereocenters. The summed E-state index contributed by atoms with van der Waals surface area (Å²) < 4.78 is 12.9. The molecule has 0 aliphatic rings. The van der Waals surface area contributed by atoms with Crippen LogP contribution < -0.4 is 0 Å². The molecule has 0 saturated heterocycles. The summed E-state index contributed by atoms with van der Waals surface area (Å²) in [7, 11) is 1.59. The second-order valence-corrected chi connectivity index (χ2v) is 4.70. The van der Waals surface area contributed by atoms with Gasteiger partial charge in [-0.2, -0.15) is 0 Å². The maximum absolute atomic E-state index is 12.9. The van der Waals surface area contributed by atoms with Gasteiger partial charge in [-0.25, -0.2) is 9.18 Å². The number of carbonyl (C=O) groups is 2. The third kappa shape index (κ3) is 3.44. The zero-order valence-corrected chi connectivity index (χ0v) is 12.0. The van der Waals surface area contributed by atoms with Crippen LogP contribution in [0.25, 0.3) is 0 Å². The van der Waals surface area contributed by atoms with Crippen molar-refractivity contribution in [2.75, 3.05) is 7.05 Å². The molecule has 0 aliphatic heterocycles. The van der Waals surface area contributed by atoms with Crippen molar-refractivity contribution in [3.05, 3.63) is 46.8 Å². The van der Waals surface area contributed by atoms with Crippen LogP contribution in [-0.4, -0.2) is 28.9 Å². The van der Waals surface area contributed by atoms with E-state index in [-0.39, 0.29) is 28.9 Å². The lowest BCUT2D eigenvalue weighted by Crippen LogP contribution is -2.31. The largest absolute Gasteiger partial charge is 0.478 e. The van der Waals surface area contributed by atoms with E-state index in [4.69, 9.17) is 5.11 Å². The lowest BCUT2D eigenvalue weighted by molar-refractivity contribution is -0.134. The first-order valence-electron chi connectivity index (χ1n) is 6.19. The fraction of sp³-hybridized carbons (Fsp3) is 0.333. The van der Waals surface area contributed by atoms with Crippen molar-refractivity contribution >= 4 is 11.9 Å². The minimum atomic E-state index is -1.11. The molecule has 0 spiro atoms. The highest BCUT2D eigenvalue weighted by Gasteiger charge is 2.21. The van der Waals surface area contributed by atoms with Crippen LogP contribution in [0.5, 0.6) is 0 Å². The predicted octanol–water partition coefficient (Wildman–Crippen LogP) is 2.77.